The van der Waals surface area contributed by atoms with Crippen LogP contribution < -0.4 is 10.6 Å². The molecule has 0 saturated heterocycles. The minimum absolute atomic E-state index is 0.0129. The molecule has 1 aliphatic rings. The number of carbonyl (C=O) groups is 1. The summed E-state index contributed by atoms with van der Waals surface area (Å²) in [5, 5.41) is 6.22. The van der Waals surface area contributed by atoms with Crippen LogP contribution in [0.2, 0.25) is 0 Å². The molecule has 98 valence electrons. The van der Waals surface area contributed by atoms with E-state index in [1.165, 1.54) is 25.7 Å². The fourth-order valence-corrected chi connectivity index (χ4v) is 2.48. The van der Waals surface area contributed by atoms with Gasteiger partial charge in [-0.05, 0) is 30.9 Å². The maximum atomic E-state index is 11.8. The van der Waals surface area contributed by atoms with Gasteiger partial charge in [-0.2, -0.15) is 0 Å². The Morgan fingerprint density at radius 3 is 2.78 bits per heavy atom. The van der Waals surface area contributed by atoms with Crippen molar-refractivity contribution in [1.29, 1.82) is 0 Å². The van der Waals surface area contributed by atoms with Crippen LogP contribution in [0.1, 0.15) is 32.6 Å². The maximum absolute atomic E-state index is 11.8. The highest BCUT2D eigenvalue weighted by atomic mass is 16.1. The van der Waals surface area contributed by atoms with E-state index in [2.05, 4.69) is 22.5 Å². The first-order valence-corrected chi connectivity index (χ1v) is 6.69. The highest BCUT2D eigenvalue weighted by Crippen LogP contribution is 2.23. The summed E-state index contributed by atoms with van der Waals surface area (Å²) < 4.78 is 0. The first-order valence-electron chi connectivity index (χ1n) is 6.69. The summed E-state index contributed by atoms with van der Waals surface area (Å²) in [6.07, 6.45) is 8.39. The number of rotatable bonds is 4. The van der Waals surface area contributed by atoms with Crippen molar-refractivity contribution in [2.75, 3.05) is 11.9 Å². The van der Waals surface area contributed by atoms with Gasteiger partial charge in [-0.15, -0.1) is 0 Å². The maximum Gasteiger partial charge on any atom is 0.238 e. The van der Waals surface area contributed by atoms with Crippen LogP contribution in [0.15, 0.2) is 24.5 Å². The van der Waals surface area contributed by atoms with E-state index in [0.717, 1.165) is 5.69 Å². The van der Waals surface area contributed by atoms with Gasteiger partial charge in [-0.25, -0.2) is 0 Å². The molecule has 0 aliphatic heterocycles. The third kappa shape index (κ3) is 3.81. The Bertz CT molecular complexity index is 380. The van der Waals surface area contributed by atoms with E-state index in [-0.39, 0.29) is 5.91 Å². The van der Waals surface area contributed by atoms with Gasteiger partial charge in [-0.3, -0.25) is 9.78 Å². The molecule has 1 amide bonds. The fraction of sp³-hybridized carbons (Fsp3) is 0.571. The summed E-state index contributed by atoms with van der Waals surface area (Å²) in [5.41, 5.74) is 0.800. The van der Waals surface area contributed by atoms with E-state index in [9.17, 15) is 4.79 Å². The molecule has 2 N–H and O–H groups in total. The van der Waals surface area contributed by atoms with Crippen LogP contribution in [0.4, 0.5) is 5.69 Å². The molecule has 0 bridgehead atoms. The third-order valence-electron chi connectivity index (χ3n) is 3.60. The molecule has 4 heteroatoms. The van der Waals surface area contributed by atoms with Crippen molar-refractivity contribution < 1.29 is 4.79 Å². The zero-order valence-corrected chi connectivity index (χ0v) is 10.9. The van der Waals surface area contributed by atoms with Crippen LogP contribution in [0, 0.1) is 5.92 Å². The van der Waals surface area contributed by atoms with Gasteiger partial charge >= 0.3 is 0 Å². The van der Waals surface area contributed by atoms with E-state index in [1.54, 1.807) is 24.5 Å². The zero-order valence-electron chi connectivity index (χ0n) is 10.9. The second-order valence-electron chi connectivity index (χ2n) is 5.03. The second-order valence-corrected chi connectivity index (χ2v) is 5.03. The van der Waals surface area contributed by atoms with Gasteiger partial charge in [0, 0.05) is 24.1 Å². The predicted octanol–water partition coefficient (Wildman–Crippen LogP) is 2.19. The van der Waals surface area contributed by atoms with Gasteiger partial charge in [-0.1, -0.05) is 19.8 Å². The largest absolute Gasteiger partial charge is 0.325 e. The number of nitrogens with one attached hydrogen (secondary N) is 2. The molecule has 1 saturated carbocycles. The van der Waals surface area contributed by atoms with Crippen molar-refractivity contribution in [1.82, 2.24) is 10.3 Å². The lowest BCUT2D eigenvalue weighted by atomic mass is 9.86. The quantitative estimate of drug-likeness (QED) is 0.857. The van der Waals surface area contributed by atoms with E-state index in [4.69, 9.17) is 0 Å². The number of anilines is 1. The molecular weight excluding hydrogens is 226 g/mol. The van der Waals surface area contributed by atoms with Crippen molar-refractivity contribution in [2.24, 2.45) is 5.92 Å². The lowest BCUT2D eigenvalue weighted by Crippen LogP contribution is -2.41. The van der Waals surface area contributed by atoms with Crippen LogP contribution in [0.5, 0.6) is 0 Å². The number of pyridine rings is 1. The summed E-state index contributed by atoms with van der Waals surface area (Å²) in [6.45, 7) is 2.65. The van der Waals surface area contributed by atoms with Crippen molar-refractivity contribution in [3.63, 3.8) is 0 Å². The minimum atomic E-state index is 0.0129. The Kier molecular flexibility index (Phi) is 4.70. The number of nitrogens with zero attached hydrogens (tertiary/aromatic N) is 1. The molecule has 2 atom stereocenters. The minimum Gasteiger partial charge on any atom is -0.325 e. The van der Waals surface area contributed by atoms with Crippen LogP contribution in [0.25, 0.3) is 0 Å². The Morgan fingerprint density at radius 1 is 1.33 bits per heavy atom. The molecule has 1 fully saturated rings. The molecule has 1 aromatic heterocycles. The lowest BCUT2D eigenvalue weighted by Gasteiger charge is -2.29. The summed E-state index contributed by atoms with van der Waals surface area (Å²) in [7, 11) is 0. The normalized spacial score (nSPS) is 23.6. The SMILES string of the molecule is C[C@H]1CCCC[C@H]1NCC(=O)Nc1ccncc1. The van der Waals surface area contributed by atoms with Crippen molar-refractivity contribution in [2.45, 2.75) is 38.6 Å². The van der Waals surface area contributed by atoms with Crippen LogP contribution in [-0.2, 0) is 4.79 Å². The van der Waals surface area contributed by atoms with Crippen molar-refractivity contribution in [3.8, 4) is 0 Å². The molecular formula is C14H21N3O. The lowest BCUT2D eigenvalue weighted by molar-refractivity contribution is -0.115. The monoisotopic (exact) mass is 247 g/mol. The van der Waals surface area contributed by atoms with Gasteiger partial charge in [0.1, 0.15) is 0 Å². The Labute approximate surface area is 108 Å². The van der Waals surface area contributed by atoms with E-state index in [0.29, 0.717) is 18.5 Å². The molecule has 0 aromatic carbocycles. The average molecular weight is 247 g/mol. The molecule has 1 aromatic rings. The molecule has 0 spiro atoms. The van der Waals surface area contributed by atoms with Gasteiger partial charge in [0.2, 0.25) is 5.91 Å². The highest BCUT2D eigenvalue weighted by Gasteiger charge is 2.21. The van der Waals surface area contributed by atoms with Crippen LogP contribution in [0.3, 0.4) is 0 Å². The first kappa shape index (κ1) is 13.0. The number of aromatic nitrogens is 1. The summed E-state index contributed by atoms with van der Waals surface area (Å²) >= 11 is 0. The third-order valence-corrected chi connectivity index (χ3v) is 3.60. The Morgan fingerprint density at radius 2 is 2.06 bits per heavy atom. The Hall–Kier alpha value is -1.42. The van der Waals surface area contributed by atoms with Gasteiger partial charge in [0.25, 0.3) is 0 Å². The number of carbonyl (C=O) groups excluding carboxylic acids is 1. The molecule has 2 rings (SSSR count). The van der Waals surface area contributed by atoms with Gasteiger partial charge < -0.3 is 10.6 Å². The first-order chi connectivity index (χ1) is 8.75. The molecule has 0 radical (unpaired) electrons. The second kappa shape index (κ2) is 6.50. The molecule has 1 aliphatic carbocycles. The summed E-state index contributed by atoms with van der Waals surface area (Å²) in [5.74, 6) is 0.687. The van der Waals surface area contributed by atoms with E-state index < -0.39 is 0 Å². The van der Waals surface area contributed by atoms with Crippen molar-refractivity contribution >= 4 is 11.6 Å². The molecule has 18 heavy (non-hydrogen) atoms. The standard InChI is InChI=1S/C14H21N3O/c1-11-4-2-3-5-13(11)16-10-14(18)17-12-6-8-15-9-7-12/h6-9,11,13,16H,2-5,10H2,1H3,(H,15,17,18)/t11-,13+/m0/s1. The van der Waals surface area contributed by atoms with Gasteiger partial charge in [0.05, 0.1) is 6.54 Å². The number of amides is 1. The zero-order chi connectivity index (χ0) is 12.8. The van der Waals surface area contributed by atoms with Crippen LogP contribution >= 0.6 is 0 Å². The van der Waals surface area contributed by atoms with Gasteiger partial charge in [0.15, 0.2) is 0 Å². The number of hydrogen-bond donors (Lipinski definition) is 2. The predicted molar refractivity (Wildman–Crippen MR) is 72.3 cm³/mol. The van der Waals surface area contributed by atoms with E-state index >= 15 is 0 Å². The summed E-state index contributed by atoms with van der Waals surface area (Å²) in [6, 6.07) is 4.07. The highest BCUT2D eigenvalue weighted by molar-refractivity contribution is 5.92. The topological polar surface area (TPSA) is 54.0 Å². The molecule has 1 heterocycles. The summed E-state index contributed by atoms with van der Waals surface area (Å²) in [4.78, 5) is 15.7. The van der Waals surface area contributed by atoms with E-state index in [1.807, 2.05) is 0 Å². The molecule has 0 unspecified atom stereocenters. The van der Waals surface area contributed by atoms with Crippen LogP contribution in [-0.4, -0.2) is 23.5 Å². The average Bonchev–Trinajstić information content (AvgIpc) is 2.39. The molecule has 4 nitrogen and oxygen atoms in total. The fourth-order valence-electron chi connectivity index (χ4n) is 2.48. The van der Waals surface area contributed by atoms with Crippen molar-refractivity contribution in [3.05, 3.63) is 24.5 Å². The number of hydrogen-bond acceptors (Lipinski definition) is 3. The smallest absolute Gasteiger partial charge is 0.238 e. The Balaban J connectivity index is 1.74.